The first-order valence-corrected chi connectivity index (χ1v) is 6.50. The Morgan fingerprint density at radius 3 is 2.48 bits per heavy atom. The van der Waals surface area contributed by atoms with Crippen molar-refractivity contribution in [2.24, 2.45) is 0 Å². The third kappa shape index (κ3) is 3.49. The standard InChI is InChI=1S/C14H17FN2O4/c1-14(2)12(19)17(13(20)16-14)7-10(18)8-21-11-5-3-9(15)4-6-11/h3-6,10,18H,7-8H2,1-2H3,(H,16,20)/t10-/m1/s1. The topological polar surface area (TPSA) is 78.9 Å². The lowest BCUT2D eigenvalue weighted by molar-refractivity contribution is -0.131. The number of nitrogens with zero attached hydrogens (tertiary/aromatic N) is 1. The van der Waals surface area contributed by atoms with Crippen LogP contribution in [0.5, 0.6) is 5.75 Å². The predicted octanol–water partition coefficient (Wildman–Crippen LogP) is 0.896. The summed E-state index contributed by atoms with van der Waals surface area (Å²) in [4.78, 5) is 24.5. The molecule has 1 aliphatic heterocycles. The highest BCUT2D eigenvalue weighted by Gasteiger charge is 2.44. The van der Waals surface area contributed by atoms with E-state index < -0.39 is 23.6 Å². The van der Waals surface area contributed by atoms with Gasteiger partial charge in [-0.15, -0.1) is 0 Å². The Kier molecular flexibility index (Phi) is 4.13. The highest BCUT2D eigenvalue weighted by atomic mass is 19.1. The van der Waals surface area contributed by atoms with Gasteiger partial charge in [0.2, 0.25) is 0 Å². The molecule has 0 bridgehead atoms. The van der Waals surface area contributed by atoms with Crippen LogP contribution in [-0.2, 0) is 4.79 Å². The molecule has 0 spiro atoms. The Morgan fingerprint density at radius 1 is 1.33 bits per heavy atom. The number of amides is 3. The van der Waals surface area contributed by atoms with Crippen LogP contribution in [-0.4, -0.2) is 46.7 Å². The summed E-state index contributed by atoms with van der Waals surface area (Å²) >= 11 is 0. The number of carbonyl (C=O) groups is 2. The third-order valence-electron chi connectivity index (χ3n) is 3.09. The van der Waals surface area contributed by atoms with Gasteiger partial charge >= 0.3 is 6.03 Å². The van der Waals surface area contributed by atoms with E-state index in [1.54, 1.807) is 13.8 Å². The first-order chi connectivity index (χ1) is 9.79. The average Bonchev–Trinajstić information content (AvgIpc) is 2.60. The second-order valence-electron chi connectivity index (χ2n) is 5.39. The molecular formula is C14H17FN2O4. The van der Waals surface area contributed by atoms with Gasteiger partial charge in [-0.2, -0.15) is 0 Å². The van der Waals surface area contributed by atoms with Crippen molar-refractivity contribution in [2.75, 3.05) is 13.2 Å². The summed E-state index contributed by atoms with van der Waals surface area (Å²) in [7, 11) is 0. The van der Waals surface area contributed by atoms with Crippen LogP contribution in [0.3, 0.4) is 0 Å². The van der Waals surface area contributed by atoms with Gasteiger partial charge in [-0.3, -0.25) is 9.69 Å². The molecule has 0 unspecified atom stereocenters. The Morgan fingerprint density at radius 2 is 1.95 bits per heavy atom. The molecule has 1 heterocycles. The van der Waals surface area contributed by atoms with Gasteiger partial charge in [0.05, 0.1) is 6.54 Å². The minimum Gasteiger partial charge on any atom is -0.491 e. The fraction of sp³-hybridized carbons (Fsp3) is 0.429. The van der Waals surface area contributed by atoms with E-state index in [4.69, 9.17) is 4.74 Å². The molecule has 0 saturated carbocycles. The van der Waals surface area contributed by atoms with Crippen molar-refractivity contribution in [2.45, 2.75) is 25.5 Å². The maximum absolute atomic E-state index is 12.7. The lowest BCUT2D eigenvalue weighted by Gasteiger charge is -2.19. The van der Waals surface area contributed by atoms with E-state index in [9.17, 15) is 19.1 Å². The van der Waals surface area contributed by atoms with Gasteiger partial charge < -0.3 is 15.2 Å². The van der Waals surface area contributed by atoms with E-state index in [-0.39, 0.29) is 19.0 Å². The number of ether oxygens (including phenoxy) is 1. The van der Waals surface area contributed by atoms with Crippen LogP contribution >= 0.6 is 0 Å². The van der Waals surface area contributed by atoms with Crippen molar-refractivity contribution in [1.82, 2.24) is 10.2 Å². The van der Waals surface area contributed by atoms with Gasteiger partial charge in [-0.25, -0.2) is 9.18 Å². The van der Waals surface area contributed by atoms with Gasteiger partial charge in [0, 0.05) is 0 Å². The molecule has 0 radical (unpaired) electrons. The summed E-state index contributed by atoms with van der Waals surface area (Å²) < 4.78 is 18.0. The molecular weight excluding hydrogens is 279 g/mol. The number of nitrogens with one attached hydrogen (secondary N) is 1. The SMILES string of the molecule is CC1(C)NC(=O)N(C[C@@H](O)COc2ccc(F)cc2)C1=O. The highest BCUT2D eigenvalue weighted by Crippen LogP contribution is 2.17. The minimum atomic E-state index is -1.03. The average molecular weight is 296 g/mol. The molecule has 1 aromatic carbocycles. The van der Waals surface area contributed by atoms with Crippen molar-refractivity contribution in [3.05, 3.63) is 30.1 Å². The lowest BCUT2D eigenvalue weighted by atomic mass is 10.1. The monoisotopic (exact) mass is 296 g/mol. The Labute approximate surface area is 121 Å². The molecule has 1 saturated heterocycles. The van der Waals surface area contributed by atoms with Crippen molar-refractivity contribution >= 4 is 11.9 Å². The van der Waals surface area contributed by atoms with Crippen LogP contribution in [0.2, 0.25) is 0 Å². The zero-order valence-corrected chi connectivity index (χ0v) is 11.8. The van der Waals surface area contributed by atoms with E-state index in [0.717, 1.165) is 4.90 Å². The third-order valence-corrected chi connectivity index (χ3v) is 3.09. The molecule has 1 atom stereocenters. The minimum absolute atomic E-state index is 0.108. The Bertz CT molecular complexity index is 544. The van der Waals surface area contributed by atoms with Gasteiger partial charge in [0.15, 0.2) is 0 Å². The largest absolute Gasteiger partial charge is 0.491 e. The van der Waals surface area contributed by atoms with Crippen LogP contribution in [0.4, 0.5) is 9.18 Å². The number of hydrogen-bond donors (Lipinski definition) is 2. The quantitative estimate of drug-likeness (QED) is 0.791. The Hall–Kier alpha value is -2.15. The highest BCUT2D eigenvalue weighted by molar-refractivity contribution is 6.06. The molecule has 0 aliphatic carbocycles. The smallest absolute Gasteiger partial charge is 0.325 e. The Balaban J connectivity index is 1.87. The maximum atomic E-state index is 12.7. The summed E-state index contributed by atoms with van der Waals surface area (Å²) in [5, 5.41) is 12.4. The molecule has 1 aromatic rings. The summed E-state index contributed by atoms with van der Waals surface area (Å²) in [6.07, 6.45) is -1.03. The normalized spacial score (nSPS) is 18.6. The van der Waals surface area contributed by atoms with Crippen molar-refractivity contribution in [3.63, 3.8) is 0 Å². The van der Waals surface area contributed by atoms with Gasteiger partial charge in [0.25, 0.3) is 5.91 Å². The maximum Gasteiger partial charge on any atom is 0.325 e. The number of β-amino-alcohol motifs (C(OH)–C–C–N with tert-alkyl or cyclic N) is 1. The van der Waals surface area contributed by atoms with Gasteiger partial charge in [-0.1, -0.05) is 0 Å². The molecule has 1 aliphatic rings. The summed E-state index contributed by atoms with van der Waals surface area (Å²) in [6, 6.07) is 4.80. The van der Waals surface area contributed by atoms with Crippen LogP contribution in [0.25, 0.3) is 0 Å². The number of hydrogen-bond acceptors (Lipinski definition) is 4. The zero-order valence-electron chi connectivity index (χ0n) is 11.8. The van der Waals surface area contributed by atoms with Gasteiger partial charge in [0.1, 0.15) is 29.8 Å². The fourth-order valence-electron chi connectivity index (χ4n) is 1.97. The molecule has 114 valence electrons. The zero-order chi connectivity index (χ0) is 15.6. The predicted molar refractivity (Wildman–Crippen MR) is 72.2 cm³/mol. The van der Waals surface area contributed by atoms with Crippen molar-refractivity contribution in [1.29, 1.82) is 0 Å². The number of carbonyl (C=O) groups excluding carboxylic acids is 2. The molecule has 21 heavy (non-hydrogen) atoms. The van der Waals surface area contributed by atoms with Gasteiger partial charge in [-0.05, 0) is 38.1 Å². The summed E-state index contributed by atoms with van der Waals surface area (Å²) in [6.45, 7) is 2.92. The molecule has 7 heteroatoms. The number of aliphatic hydroxyl groups is 1. The summed E-state index contributed by atoms with van der Waals surface area (Å²) in [5.41, 5.74) is -0.964. The first-order valence-electron chi connectivity index (χ1n) is 6.50. The molecule has 2 rings (SSSR count). The van der Waals surface area contributed by atoms with Crippen LogP contribution < -0.4 is 10.1 Å². The number of benzene rings is 1. The molecule has 3 amide bonds. The first kappa shape index (κ1) is 15.2. The fourth-order valence-corrected chi connectivity index (χ4v) is 1.97. The second kappa shape index (κ2) is 5.69. The number of imide groups is 1. The number of aliphatic hydroxyl groups excluding tert-OH is 1. The van der Waals surface area contributed by atoms with E-state index in [2.05, 4.69) is 5.32 Å². The number of urea groups is 1. The van der Waals surface area contributed by atoms with Crippen LogP contribution in [0.15, 0.2) is 24.3 Å². The summed E-state index contributed by atoms with van der Waals surface area (Å²) in [5.74, 6) is -0.384. The molecule has 0 aromatic heterocycles. The molecule has 6 nitrogen and oxygen atoms in total. The number of rotatable bonds is 5. The number of halogens is 1. The van der Waals surface area contributed by atoms with Crippen molar-refractivity contribution < 1.29 is 23.8 Å². The second-order valence-corrected chi connectivity index (χ2v) is 5.39. The lowest BCUT2D eigenvalue weighted by Crippen LogP contribution is -2.42. The molecule has 1 fully saturated rings. The van der Waals surface area contributed by atoms with Crippen LogP contribution in [0.1, 0.15) is 13.8 Å². The molecule has 2 N–H and O–H groups in total. The van der Waals surface area contributed by atoms with E-state index in [1.165, 1.54) is 24.3 Å². The van der Waals surface area contributed by atoms with E-state index in [0.29, 0.717) is 5.75 Å². The van der Waals surface area contributed by atoms with E-state index in [1.807, 2.05) is 0 Å². The van der Waals surface area contributed by atoms with Crippen LogP contribution in [0, 0.1) is 5.82 Å². The van der Waals surface area contributed by atoms with E-state index >= 15 is 0 Å². The van der Waals surface area contributed by atoms with Crippen molar-refractivity contribution in [3.8, 4) is 5.75 Å².